The van der Waals surface area contributed by atoms with Gasteiger partial charge in [0.05, 0.1) is 11.9 Å². The molecule has 4 heteroatoms. The Balaban J connectivity index is 2.17. The van der Waals surface area contributed by atoms with Gasteiger partial charge in [-0.05, 0) is 33.6 Å². The summed E-state index contributed by atoms with van der Waals surface area (Å²) in [6.45, 7) is 0.847. The number of halogens is 2. The zero-order chi connectivity index (χ0) is 12.3. The summed E-state index contributed by atoms with van der Waals surface area (Å²) in [7, 11) is 2.06. The molecule has 0 saturated carbocycles. The van der Waals surface area contributed by atoms with Crippen molar-refractivity contribution in [2.75, 3.05) is 11.9 Å². The maximum atomic E-state index is 4.17. The van der Waals surface area contributed by atoms with Crippen molar-refractivity contribution in [3.63, 3.8) is 0 Å². The van der Waals surface area contributed by atoms with Crippen molar-refractivity contribution >= 4 is 37.5 Å². The molecule has 17 heavy (non-hydrogen) atoms. The van der Waals surface area contributed by atoms with E-state index in [-0.39, 0.29) is 0 Å². The Bertz CT molecular complexity index is 514. The summed E-state index contributed by atoms with van der Waals surface area (Å²) < 4.78 is 2.13. The van der Waals surface area contributed by atoms with Crippen molar-refractivity contribution in [3.05, 3.63) is 57.2 Å². The minimum atomic E-state index is 0.847. The van der Waals surface area contributed by atoms with Gasteiger partial charge in [0.1, 0.15) is 0 Å². The van der Waals surface area contributed by atoms with E-state index in [1.165, 1.54) is 5.56 Å². The molecule has 0 N–H and O–H groups in total. The van der Waals surface area contributed by atoms with Gasteiger partial charge in [-0.3, -0.25) is 4.98 Å². The van der Waals surface area contributed by atoms with E-state index in [9.17, 15) is 0 Å². The number of nitrogens with zero attached hydrogens (tertiary/aromatic N) is 2. The largest absolute Gasteiger partial charge is 0.369 e. The van der Waals surface area contributed by atoms with Crippen LogP contribution in [0.5, 0.6) is 0 Å². The molecule has 0 amide bonds. The molecule has 2 nitrogen and oxygen atoms in total. The minimum absolute atomic E-state index is 0.847. The van der Waals surface area contributed by atoms with Crippen LogP contribution in [0, 0.1) is 0 Å². The number of benzene rings is 1. The van der Waals surface area contributed by atoms with E-state index in [4.69, 9.17) is 0 Å². The summed E-state index contributed by atoms with van der Waals surface area (Å²) in [5, 5.41) is 0. The lowest BCUT2D eigenvalue weighted by molar-refractivity contribution is 0.912. The fourth-order valence-corrected chi connectivity index (χ4v) is 2.35. The average molecular weight is 356 g/mol. The van der Waals surface area contributed by atoms with E-state index in [1.54, 1.807) is 6.20 Å². The first-order valence-electron chi connectivity index (χ1n) is 5.22. The number of anilines is 1. The number of aromatic nitrogens is 1. The maximum absolute atomic E-state index is 4.17. The highest BCUT2D eigenvalue weighted by molar-refractivity contribution is 9.10. The Morgan fingerprint density at radius 3 is 2.65 bits per heavy atom. The number of hydrogen-bond acceptors (Lipinski definition) is 2. The van der Waals surface area contributed by atoms with Crippen LogP contribution in [0.1, 0.15) is 5.56 Å². The van der Waals surface area contributed by atoms with Gasteiger partial charge in [-0.25, -0.2) is 0 Å². The molecule has 0 aliphatic heterocycles. The third kappa shape index (κ3) is 3.30. The van der Waals surface area contributed by atoms with Gasteiger partial charge >= 0.3 is 0 Å². The number of pyridine rings is 1. The van der Waals surface area contributed by atoms with Gasteiger partial charge in [0, 0.05) is 28.7 Å². The zero-order valence-corrected chi connectivity index (χ0v) is 12.6. The van der Waals surface area contributed by atoms with E-state index in [0.29, 0.717) is 0 Å². The molecule has 2 rings (SSSR count). The standard InChI is InChI=1S/C13H12Br2N2/c1-17(12-6-11(14)7-16-8-12)9-10-4-2-3-5-13(10)15/h2-8H,9H2,1H3. The summed E-state index contributed by atoms with van der Waals surface area (Å²) in [5.74, 6) is 0. The number of rotatable bonds is 3. The Morgan fingerprint density at radius 2 is 1.94 bits per heavy atom. The van der Waals surface area contributed by atoms with Crippen LogP contribution < -0.4 is 4.90 Å². The summed E-state index contributed by atoms with van der Waals surface area (Å²) in [4.78, 5) is 6.33. The third-order valence-corrected chi connectivity index (χ3v) is 3.70. The van der Waals surface area contributed by atoms with E-state index < -0.39 is 0 Å². The van der Waals surface area contributed by atoms with Crippen LogP contribution >= 0.6 is 31.9 Å². The summed E-state index contributed by atoms with van der Waals surface area (Å²) in [6.07, 6.45) is 3.65. The van der Waals surface area contributed by atoms with Crippen molar-refractivity contribution < 1.29 is 0 Å². The Labute approximate surface area is 118 Å². The van der Waals surface area contributed by atoms with Crippen molar-refractivity contribution in [2.45, 2.75) is 6.54 Å². The van der Waals surface area contributed by atoms with E-state index in [1.807, 2.05) is 18.3 Å². The van der Waals surface area contributed by atoms with Gasteiger partial charge in [-0.2, -0.15) is 0 Å². The van der Waals surface area contributed by atoms with Crippen LogP contribution in [0.25, 0.3) is 0 Å². The first-order valence-corrected chi connectivity index (χ1v) is 6.80. The first-order chi connectivity index (χ1) is 8.16. The molecule has 0 atom stereocenters. The highest BCUT2D eigenvalue weighted by atomic mass is 79.9. The molecule has 1 aromatic carbocycles. The zero-order valence-electron chi connectivity index (χ0n) is 9.40. The highest BCUT2D eigenvalue weighted by Gasteiger charge is 2.05. The van der Waals surface area contributed by atoms with Gasteiger partial charge in [-0.15, -0.1) is 0 Å². The molecule has 0 radical (unpaired) electrons. The molecule has 0 bridgehead atoms. The van der Waals surface area contributed by atoms with Crippen molar-refractivity contribution in [1.82, 2.24) is 4.98 Å². The van der Waals surface area contributed by atoms with Crippen molar-refractivity contribution in [1.29, 1.82) is 0 Å². The SMILES string of the molecule is CN(Cc1ccccc1Br)c1cncc(Br)c1. The quantitative estimate of drug-likeness (QED) is 0.818. The first kappa shape index (κ1) is 12.6. The predicted molar refractivity (Wildman–Crippen MR) is 78.2 cm³/mol. The molecule has 1 heterocycles. The fourth-order valence-electron chi connectivity index (χ4n) is 1.58. The number of hydrogen-bond donors (Lipinski definition) is 0. The van der Waals surface area contributed by atoms with Gasteiger partial charge < -0.3 is 4.90 Å². The lowest BCUT2D eigenvalue weighted by Gasteiger charge is -2.19. The molecule has 0 fully saturated rings. The van der Waals surface area contributed by atoms with Crippen LogP contribution in [0.3, 0.4) is 0 Å². The molecule has 2 aromatic rings. The maximum Gasteiger partial charge on any atom is 0.0564 e. The molecular weight excluding hydrogens is 344 g/mol. The second kappa shape index (κ2) is 5.65. The molecular formula is C13H12Br2N2. The molecule has 0 spiro atoms. The van der Waals surface area contributed by atoms with Crippen LogP contribution in [0.15, 0.2) is 51.7 Å². The van der Waals surface area contributed by atoms with Crippen molar-refractivity contribution in [2.24, 2.45) is 0 Å². The lowest BCUT2D eigenvalue weighted by atomic mass is 10.2. The van der Waals surface area contributed by atoms with Crippen molar-refractivity contribution in [3.8, 4) is 0 Å². The van der Waals surface area contributed by atoms with Gasteiger partial charge in [0.15, 0.2) is 0 Å². The second-order valence-corrected chi connectivity index (χ2v) is 5.58. The predicted octanol–water partition coefficient (Wildman–Crippen LogP) is 4.24. The normalized spacial score (nSPS) is 10.3. The topological polar surface area (TPSA) is 16.1 Å². The summed E-state index contributed by atoms with van der Waals surface area (Å²) in [5.41, 5.74) is 2.35. The van der Waals surface area contributed by atoms with Crippen LogP contribution in [-0.4, -0.2) is 12.0 Å². The highest BCUT2D eigenvalue weighted by Crippen LogP contribution is 2.22. The molecule has 88 valence electrons. The van der Waals surface area contributed by atoms with Crippen LogP contribution in [0.2, 0.25) is 0 Å². The minimum Gasteiger partial charge on any atom is -0.369 e. The Morgan fingerprint density at radius 1 is 1.18 bits per heavy atom. The molecule has 0 unspecified atom stereocenters. The van der Waals surface area contributed by atoms with E-state index in [2.05, 4.69) is 67.0 Å². The molecule has 0 saturated heterocycles. The van der Waals surface area contributed by atoms with E-state index in [0.717, 1.165) is 21.2 Å². The van der Waals surface area contributed by atoms with Crippen LogP contribution in [-0.2, 0) is 6.54 Å². The smallest absolute Gasteiger partial charge is 0.0564 e. The Kier molecular flexibility index (Phi) is 4.18. The van der Waals surface area contributed by atoms with Gasteiger partial charge in [0.2, 0.25) is 0 Å². The summed E-state index contributed by atoms with van der Waals surface area (Å²) >= 11 is 6.99. The summed E-state index contributed by atoms with van der Waals surface area (Å²) in [6, 6.07) is 10.3. The average Bonchev–Trinajstić information content (AvgIpc) is 2.32. The Hall–Kier alpha value is -0.870. The van der Waals surface area contributed by atoms with Gasteiger partial charge in [-0.1, -0.05) is 34.1 Å². The lowest BCUT2D eigenvalue weighted by Crippen LogP contribution is -2.16. The van der Waals surface area contributed by atoms with E-state index >= 15 is 0 Å². The monoisotopic (exact) mass is 354 g/mol. The molecule has 0 aliphatic rings. The van der Waals surface area contributed by atoms with Gasteiger partial charge in [0.25, 0.3) is 0 Å². The molecule has 0 aliphatic carbocycles. The fraction of sp³-hybridized carbons (Fsp3) is 0.154. The van der Waals surface area contributed by atoms with Crippen LogP contribution in [0.4, 0.5) is 5.69 Å². The molecule has 1 aromatic heterocycles. The second-order valence-electron chi connectivity index (χ2n) is 3.81. The third-order valence-electron chi connectivity index (χ3n) is 2.50.